The highest BCUT2D eigenvalue weighted by atomic mass is 32.1. The number of hydrogen-bond acceptors (Lipinski definition) is 6. The minimum atomic E-state index is 0.540. The molecule has 0 bridgehead atoms. The lowest BCUT2D eigenvalue weighted by Gasteiger charge is -2.10. The van der Waals surface area contributed by atoms with Crippen LogP contribution in [-0.2, 0) is 6.54 Å². The van der Waals surface area contributed by atoms with E-state index in [1.54, 1.807) is 18.3 Å². The van der Waals surface area contributed by atoms with Crippen molar-refractivity contribution in [3.8, 4) is 11.4 Å². The van der Waals surface area contributed by atoms with E-state index in [1.807, 2.05) is 6.07 Å². The molecule has 0 amide bonds. The molecule has 0 saturated heterocycles. The predicted molar refractivity (Wildman–Crippen MR) is 96.2 cm³/mol. The van der Waals surface area contributed by atoms with Gasteiger partial charge in [-0.2, -0.15) is 4.98 Å². The number of anilines is 1. The van der Waals surface area contributed by atoms with E-state index in [0.29, 0.717) is 18.3 Å². The van der Waals surface area contributed by atoms with Gasteiger partial charge >= 0.3 is 0 Å². The monoisotopic (exact) mass is 336 g/mol. The first-order valence-electron chi connectivity index (χ1n) is 7.67. The summed E-state index contributed by atoms with van der Waals surface area (Å²) < 4.78 is 5.14. The van der Waals surface area contributed by atoms with Crippen molar-refractivity contribution in [1.29, 1.82) is 0 Å². The van der Waals surface area contributed by atoms with Gasteiger partial charge in [0, 0.05) is 17.2 Å². The Kier molecular flexibility index (Phi) is 3.74. The maximum Gasteiger partial charge on any atom is 0.223 e. The largest absolute Gasteiger partial charge is 0.365 e. The normalized spacial score (nSPS) is 11.1. The third-order valence-corrected chi connectivity index (χ3v) is 4.63. The maximum atomic E-state index is 5.14. The Morgan fingerprint density at radius 1 is 1.12 bits per heavy atom. The molecule has 0 radical (unpaired) electrons. The van der Waals surface area contributed by atoms with E-state index in [2.05, 4.69) is 58.1 Å². The molecule has 3 aromatic heterocycles. The molecule has 0 fully saturated rings. The molecular formula is C18H16N4OS. The Labute approximate surface area is 143 Å². The summed E-state index contributed by atoms with van der Waals surface area (Å²) in [4.78, 5) is 10.4. The van der Waals surface area contributed by atoms with Crippen LogP contribution in [0.3, 0.4) is 0 Å². The highest BCUT2D eigenvalue weighted by Gasteiger charge is 2.14. The summed E-state index contributed by atoms with van der Waals surface area (Å²) in [6.07, 6.45) is 0. The number of thiophene rings is 1. The zero-order valence-electron chi connectivity index (χ0n) is 13.4. The van der Waals surface area contributed by atoms with Gasteiger partial charge in [0.1, 0.15) is 5.82 Å². The molecule has 0 aliphatic rings. The topological polar surface area (TPSA) is 63.8 Å². The van der Waals surface area contributed by atoms with Crippen molar-refractivity contribution in [3.63, 3.8) is 0 Å². The lowest BCUT2D eigenvalue weighted by Crippen LogP contribution is -2.03. The second kappa shape index (κ2) is 6.05. The summed E-state index contributed by atoms with van der Waals surface area (Å²) in [7, 11) is 0. The summed E-state index contributed by atoms with van der Waals surface area (Å²) >= 11 is 1.71. The Hall–Kier alpha value is -2.73. The molecule has 0 spiro atoms. The van der Waals surface area contributed by atoms with Crippen LogP contribution >= 0.6 is 11.3 Å². The van der Waals surface area contributed by atoms with E-state index in [9.17, 15) is 0 Å². The molecule has 0 saturated carbocycles. The molecule has 4 rings (SSSR count). The number of nitrogens with one attached hydrogen (secondary N) is 1. The average molecular weight is 336 g/mol. The van der Waals surface area contributed by atoms with Crippen molar-refractivity contribution in [2.45, 2.75) is 20.4 Å². The van der Waals surface area contributed by atoms with Gasteiger partial charge in [-0.15, -0.1) is 11.3 Å². The summed E-state index contributed by atoms with van der Waals surface area (Å²) in [5.74, 6) is 1.86. The van der Waals surface area contributed by atoms with Gasteiger partial charge in [0.2, 0.25) is 11.7 Å². The fourth-order valence-corrected chi connectivity index (χ4v) is 3.22. The SMILES string of the molecule is Cc1ccc2cc(-c3noc(C)n3)c(NCc3cccs3)nc2c1. The van der Waals surface area contributed by atoms with Crippen LogP contribution in [-0.4, -0.2) is 15.1 Å². The first-order valence-corrected chi connectivity index (χ1v) is 8.55. The van der Waals surface area contributed by atoms with Crippen LogP contribution in [0.15, 0.2) is 46.3 Å². The van der Waals surface area contributed by atoms with Gasteiger partial charge in [0.05, 0.1) is 17.6 Å². The van der Waals surface area contributed by atoms with Crippen LogP contribution in [0.5, 0.6) is 0 Å². The Morgan fingerprint density at radius 3 is 2.79 bits per heavy atom. The molecule has 4 aromatic rings. The van der Waals surface area contributed by atoms with E-state index in [4.69, 9.17) is 9.51 Å². The first kappa shape index (κ1) is 14.8. The Bertz CT molecular complexity index is 992. The lowest BCUT2D eigenvalue weighted by molar-refractivity contribution is 0.394. The third-order valence-electron chi connectivity index (χ3n) is 3.75. The van der Waals surface area contributed by atoms with Gasteiger partial charge in [-0.3, -0.25) is 0 Å². The van der Waals surface area contributed by atoms with Crippen molar-refractivity contribution in [1.82, 2.24) is 15.1 Å². The van der Waals surface area contributed by atoms with E-state index < -0.39 is 0 Å². The van der Waals surface area contributed by atoms with Gasteiger partial charge in [-0.05, 0) is 36.1 Å². The summed E-state index contributed by atoms with van der Waals surface area (Å²) in [5, 5.41) is 10.6. The quantitative estimate of drug-likeness (QED) is 0.591. The van der Waals surface area contributed by atoms with Crippen LogP contribution < -0.4 is 5.32 Å². The van der Waals surface area contributed by atoms with Gasteiger partial charge in [-0.1, -0.05) is 23.4 Å². The van der Waals surface area contributed by atoms with Crippen molar-refractivity contribution < 1.29 is 4.52 Å². The van der Waals surface area contributed by atoms with E-state index in [1.165, 1.54) is 10.4 Å². The molecule has 5 nitrogen and oxygen atoms in total. The van der Waals surface area contributed by atoms with Crippen LogP contribution in [0.2, 0.25) is 0 Å². The molecule has 3 heterocycles. The molecular weight excluding hydrogens is 320 g/mol. The second-order valence-electron chi connectivity index (χ2n) is 5.65. The molecule has 0 aliphatic heterocycles. The highest BCUT2D eigenvalue weighted by Crippen LogP contribution is 2.29. The average Bonchev–Trinajstić information content (AvgIpc) is 3.23. The predicted octanol–water partition coefficient (Wildman–Crippen LogP) is 4.58. The smallest absolute Gasteiger partial charge is 0.223 e. The molecule has 0 atom stereocenters. The number of rotatable bonds is 4. The van der Waals surface area contributed by atoms with Gasteiger partial charge < -0.3 is 9.84 Å². The highest BCUT2D eigenvalue weighted by molar-refractivity contribution is 7.09. The zero-order chi connectivity index (χ0) is 16.5. The second-order valence-corrected chi connectivity index (χ2v) is 6.68. The van der Waals surface area contributed by atoms with Gasteiger partial charge in [-0.25, -0.2) is 4.98 Å². The first-order chi connectivity index (χ1) is 11.7. The Morgan fingerprint density at radius 2 is 2.04 bits per heavy atom. The van der Waals surface area contributed by atoms with Crippen molar-refractivity contribution in [2.24, 2.45) is 0 Å². The molecule has 1 N–H and O–H groups in total. The zero-order valence-corrected chi connectivity index (χ0v) is 14.2. The summed E-state index contributed by atoms with van der Waals surface area (Å²) in [6.45, 7) is 4.56. The van der Waals surface area contributed by atoms with Crippen molar-refractivity contribution in [3.05, 3.63) is 58.1 Å². The lowest BCUT2D eigenvalue weighted by atomic mass is 10.1. The molecule has 120 valence electrons. The maximum absolute atomic E-state index is 5.14. The minimum absolute atomic E-state index is 0.540. The fraction of sp³-hybridized carbons (Fsp3) is 0.167. The van der Waals surface area contributed by atoms with Gasteiger partial charge in [0.15, 0.2) is 0 Å². The summed E-state index contributed by atoms with van der Waals surface area (Å²) in [5.41, 5.74) is 2.98. The van der Waals surface area contributed by atoms with E-state index >= 15 is 0 Å². The van der Waals surface area contributed by atoms with Crippen molar-refractivity contribution in [2.75, 3.05) is 5.32 Å². The minimum Gasteiger partial charge on any atom is -0.365 e. The Balaban J connectivity index is 1.80. The standard InChI is InChI=1S/C18H16N4OS/c1-11-5-6-13-9-15(18-20-12(2)23-22-18)17(21-16(13)8-11)19-10-14-4-3-7-24-14/h3-9H,10H2,1-2H3,(H,19,21). The number of nitrogens with zero attached hydrogens (tertiary/aromatic N) is 3. The number of benzene rings is 1. The van der Waals surface area contributed by atoms with Crippen LogP contribution in [0.25, 0.3) is 22.3 Å². The molecule has 6 heteroatoms. The number of aromatic nitrogens is 3. The molecule has 1 aromatic carbocycles. The van der Waals surface area contributed by atoms with E-state index in [0.717, 1.165) is 22.3 Å². The fourth-order valence-electron chi connectivity index (χ4n) is 2.57. The van der Waals surface area contributed by atoms with Gasteiger partial charge in [0.25, 0.3) is 0 Å². The number of aryl methyl sites for hydroxylation is 2. The number of fused-ring (bicyclic) bond motifs is 1. The molecule has 0 aliphatic carbocycles. The molecule has 24 heavy (non-hydrogen) atoms. The van der Waals surface area contributed by atoms with Crippen molar-refractivity contribution >= 4 is 28.1 Å². The van der Waals surface area contributed by atoms with Crippen LogP contribution in [0.1, 0.15) is 16.3 Å². The van der Waals surface area contributed by atoms with E-state index in [-0.39, 0.29) is 0 Å². The number of pyridine rings is 1. The summed E-state index contributed by atoms with van der Waals surface area (Å²) in [6, 6.07) is 12.4. The molecule has 0 unspecified atom stereocenters. The third kappa shape index (κ3) is 2.88. The van der Waals surface area contributed by atoms with Crippen LogP contribution in [0.4, 0.5) is 5.82 Å². The number of hydrogen-bond donors (Lipinski definition) is 1. The van der Waals surface area contributed by atoms with Crippen LogP contribution in [0, 0.1) is 13.8 Å².